The van der Waals surface area contributed by atoms with Gasteiger partial charge in [-0.05, 0) is 29.7 Å². The third kappa shape index (κ3) is 2.22. The van der Waals surface area contributed by atoms with Crippen LogP contribution in [-0.4, -0.2) is 44.7 Å². The zero-order valence-corrected chi connectivity index (χ0v) is 11.9. The van der Waals surface area contributed by atoms with Crippen molar-refractivity contribution in [3.8, 4) is 11.5 Å². The smallest absolute Gasteiger partial charge is 0.221 e. The Hall–Kier alpha value is -1.75. The summed E-state index contributed by atoms with van der Waals surface area (Å²) in [6, 6.07) is 4.24. The molecule has 108 valence electrons. The second-order valence-electron chi connectivity index (χ2n) is 5.26. The summed E-state index contributed by atoms with van der Waals surface area (Å²) in [5, 5.41) is 2.95. The van der Waals surface area contributed by atoms with E-state index in [2.05, 4.69) is 10.2 Å². The molecular weight excluding hydrogens is 256 g/mol. The Labute approximate surface area is 118 Å². The minimum Gasteiger partial charge on any atom is -0.493 e. The van der Waals surface area contributed by atoms with Crippen molar-refractivity contribution < 1.29 is 14.3 Å². The molecule has 0 unspecified atom stereocenters. The molecule has 0 aromatic heterocycles. The minimum absolute atomic E-state index is 0.125. The first-order valence-electron chi connectivity index (χ1n) is 6.98. The van der Waals surface area contributed by atoms with Crippen LogP contribution in [0.25, 0.3) is 0 Å². The fraction of sp³-hybridized carbons (Fsp3) is 0.533. The third-order valence-corrected chi connectivity index (χ3v) is 4.21. The second-order valence-corrected chi connectivity index (χ2v) is 5.26. The monoisotopic (exact) mass is 276 g/mol. The van der Waals surface area contributed by atoms with Gasteiger partial charge in [0.15, 0.2) is 11.5 Å². The van der Waals surface area contributed by atoms with Crippen LogP contribution in [0, 0.1) is 0 Å². The Bertz CT molecular complexity index is 530. The Morgan fingerprint density at radius 3 is 2.70 bits per heavy atom. The minimum atomic E-state index is 0.125. The van der Waals surface area contributed by atoms with Gasteiger partial charge >= 0.3 is 0 Å². The van der Waals surface area contributed by atoms with Crippen LogP contribution in [0.5, 0.6) is 11.5 Å². The number of amides is 1. The number of nitrogens with one attached hydrogen (secondary N) is 1. The fourth-order valence-corrected chi connectivity index (χ4v) is 3.17. The molecule has 0 bridgehead atoms. The number of rotatable bonds is 2. The van der Waals surface area contributed by atoms with E-state index in [0.29, 0.717) is 6.42 Å². The van der Waals surface area contributed by atoms with Crippen molar-refractivity contribution >= 4 is 5.91 Å². The maximum atomic E-state index is 11.8. The molecule has 1 N–H and O–H groups in total. The van der Waals surface area contributed by atoms with Crippen molar-refractivity contribution in [1.29, 1.82) is 0 Å². The average molecular weight is 276 g/mol. The number of nitrogens with zero attached hydrogens (tertiary/aromatic N) is 1. The highest BCUT2D eigenvalue weighted by Gasteiger charge is 2.32. The van der Waals surface area contributed by atoms with E-state index in [9.17, 15) is 4.79 Å². The predicted molar refractivity (Wildman–Crippen MR) is 75.2 cm³/mol. The summed E-state index contributed by atoms with van der Waals surface area (Å²) in [6.45, 7) is 2.63. The van der Waals surface area contributed by atoms with Gasteiger partial charge in [-0.2, -0.15) is 0 Å². The molecule has 1 saturated heterocycles. The molecule has 5 nitrogen and oxygen atoms in total. The quantitative estimate of drug-likeness (QED) is 0.879. The second kappa shape index (κ2) is 5.32. The highest BCUT2D eigenvalue weighted by atomic mass is 16.5. The number of hydrogen-bond donors (Lipinski definition) is 1. The molecule has 2 heterocycles. The molecular formula is C15H20N2O3. The van der Waals surface area contributed by atoms with Gasteiger partial charge in [0.2, 0.25) is 5.91 Å². The van der Waals surface area contributed by atoms with Crippen LogP contribution < -0.4 is 14.8 Å². The van der Waals surface area contributed by atoms with Gasteiger partial charge in [0, 0.05) is 32.1 Å². The Balaban J connectivity index is 2.03. The van der Waals surface area contributed by atoms with Crippen LogP contribution in [0.4, 0.5) is 0 Å². The highest BCUT2D eigenvalue weighted by molar-refractivity contribution is 5.77. The largest absolute Gasteiger partial charge is 0.493 e. The molecule has 1 aromatic carbocycles. The Morgan fingerprint density at radius 2 is 1.95 bits per heavy atom. The summed E-state index contributed by atoms with van der Waals surface area (Å²) in [5.74, 6) is 1.62. The van der Waals surface area contributed by atoms with Gasteiger partial charge in [0.25, 0.3) is 0 Å². The molecule has 0 radical (unpaired) electrons. The summed E-state index contributed by atoms with van der Waals surface area (Å²) < 4.78 is 10.8. The molecule has 0 aliphatic carbocycles. The summed E-state index contributed by atoms with van der Waals surface area (Å²) in [5.41, 5.74) is 2.46. The molecule has 1 aromatic rings. The molecule has 0 saturated carbocycles. The number of fused-ring (bicyclic) bond motifs is 3. The van der Waals surface area contributed by atoms with E-state index in [1.807, 2.05) is 12.1 Å². The number of hydrogen-bond acceptors (Lipinski definition) is 4. The molecule has 5 heteroatoms. The molecule has 1 atom stereocenters. The Kier molecular flexibility index (Phi) is 3.53. The van der Waals surface area contributed by atoms with Crippen molar-refractivity contribution in [2.75, 3.05) is 33.9 Å². The lowest BCUT2D eigenvalue weighted by atomic mass is 9.90. The lowest BCUT2D eigenvalue weighted by molar-refractivity contribution is -0.121. The third-order valence-electron chi connectivity index (χ3n) is 4.21. The standard InChI is InChI=1S/C15H20N2O3/c1-19-13-7-10-3-5-17-6-4-16-15(18)9-12(17)11(10)8-14(13)20-2/h7-8,12H,3-6,9H2,1-2H3,(H,16,18)/t12-/m0/s1. The number of carbonyl (C=O) groups is 1. The molecule has 20 heavy (non-hydrogen) atoms. The average Bonchev–Trinajstić information content (AvgIpc) is 2.66. The van der Waals surface area contributed by atoms with Crippen LogP contribution in [0.1, 0.15) is 23.6 Å². The summed E-state index contributed by atoms with van der Waals surface area (Å²) in [7, 11) is 3.29. The highest BCUT2D eigenvalue weighted by Crippen LogP contribution is 2.39. The lowest BCUT2D eigenvalue weighted by Crippen LogP contribution is -2.36. The molecule has 1 amide bonds. The number of carbonyl (C=O) groups excluding carboxylic acids is 1. The van der Waals surface area contributed by atoms with Gasteiger partial charge < -0.3 is 14.8 Å². The summed E-state index contributed by atoms with van der Waals surface area (Å²) >= 11 is 0. The van der Waals surface area contributed by atoms with E-state index in [0.717, 1.165) is 37.6 Å². The van der Waals surface area contributed by atoms with Crippen molar-refractivity contribution in [1.82, 2.24) is 10.2 Å². The molecule has 2 aliphatic rings. The van der Waals surface area contributed by atoms with Gasteiger partial charge in [-0.15, -0.1) is 0 Å². The van der Waals surface area contributed by atoms with Crippen LogP contribution in [0.2, 0.25) is 0 Å². The van der Waals surface area contributed by atoms with Gasteiger partial charge in [-0.25, -0.2) is 0 Å². The first-order chi connectivity index (χ1) is 9.72. The summed E-state index contributed by atoms with van der Waals surface area (Å²) in [4.78, 5) is 14.2. The van der Waals surface area contributed by atoms with Gasteiger partial charge in [-0.1, -0.05) is 0 Å². The van der Waals surface area contributed by atoms with Crippen LogP contribution >= 0.6 is 0 Å². The molecule has 2 aliphatic heterocycles. The zero-order chi connectivity index (χ0) is 14.1. The molecule has 3 rings (SSSR count). The van der Waals surface area contributed by atoms with Gasteiger partial charge in [0.1, 0.15) is 0 Å². The van der Waals surface area contributed by atoms with Crippen LogP contribution in [0.3, 0.4) is 0 Å². The fourth-order valence-electron chi connectivity index (χ4n) is 3.17. The van der Waals surface area contributed by atoms with Crippen molar-refractivity contribution in [2.24, 2.45) is 0 Å². The normalized spacial score (nSPS) is 22.3. The first-order valence-corrected chi connectivity index (χ1v) is 6.98. The van der Waals surface area contributed by atoms with E-state index >= 15 is 0 Å². The van der Waals surface area contributed by atoms with Crippen molar-refractivity contribution in [3.63, 3.8) is 0 Å². The SMILES string of the molecule is COc1cc2c(cc1OC)[C@@H]1CC(=O)NCCN1CC2. The number of benzene rings is 1. The van der Waals surface area contributed by atoms with E-state index in [1.54, 1.807) is 14.2 Å². The van der Waals surface area contributed by atoms with E-state index in [1.165, 1.54) is 11.1 Å². The van der Waals surface area contributed by atoms with Crippen LogP contribution in [-0.2, 0) is 11.2 Å². The topological polar surface area (TPSA) is 50.8 Å². The van der Waals surface area contributed by atoms with Gasteiger partial charge in [0.05, 0.1) is 14.2 Å². The molecule has 1 fully saturated rings. The number of methoxy groups -OCH3 is 2. The number of ether oxygens (including phenoxy) is 2. The van der Waals surface area contributed by atoms with Crippen molar-refractivity contribution in [2.45, 2.75) is 18.9 Å². The van der Waals surface area contributed by atoms with E-state index in [4.69, 9.17) is 9.47 Å². The van der Waals surface area contributed by atoms with E-state index in [-0.39, 0.29) is 11.9 Å². The predicted octanol–water partition coefficient (Wildman–Crippen LogP) is 1.12. The summed E-state index contributed by atoms with van der Waals surface area (Å²) in [6.07, 6.45) is 1.50. The Morgan fingerprint density at radius 1 is 1.20 bits per heavy atom. The maximum Gasteiger partial charge on any atom is 0.221 e. The van der Waals surface area contributed by atoms with Gasteiger partial charge in [-0.3, -0.25) is 9.69 Å². The van der Waals surface area contributed by atoms with E-state index < -0.39 is 0 Å². The zero-order valence-electron chi connectivity index (χ0n) is 11.9. The molecule has 0 spiro atoms. The van der Waals surface area contributed by atoms with Crippen molar-refractivity contribution in [3.05, 3.63) is 23.3 Å². The lowest BCUT2D eigenvalue weighted by Gasteiger charge is -2.35. The maximum absolute atomic E-state index is 11.8. The van der Waals surface area contributed by atoms with Crippen LogP contribution in [0.15, 0.2) is 12.1 Å². The first kappa shape index (κ1) is 13.2.